The average Bonchev–Trinajstić information content (AvgIpc) is 2.65. The first-order valence-electron chi connectivity index (χ1n) is 9.21. The van der Waals surface area contributed by atoms with Gasteiger partial charge in [-0.3, -0.25) is 9.59 Å². The van der Waals surface area contributed by atoms with E-state index in [1.165, 1.54) is 7.11 Å². The number of anilines is 2. The Kier molecular flexibility index (Phi) is 7.39. The van der Waals surface area contributed by atoms with Crippen LogP contribution in [0.3, 0.4) is 0 Å². The van der Waals surface area contributed by atoms with Crippen molar-refractivity contribution in [1.29, 1.82) is 0 Å². The van der Waals surface area contributed by atoms with E-state index < -0.39 is 32.7 Å². The first-order valence-corrected chi connectivity index (χ1v) is 10.9. The van der Waals surface area contributed by atoms with Gasteiger partial charge in [-0.2, -0.15) is 0 Å². The number of methoxy groups -OCH3 is 1. The Hall–Kier alpha value is -2.87. The topological polar surface area (TPSA) is 102 Å². The lowest BCUT2D eigenvalue weighted by Crippen LogP contribution is -2.39. The zero-order valence-corrected chi connectivity index (χ0v) is 17.8. The van der Waals surface area contributed by atoms with Crippen LogP contribution in [0.2, 0.25) is 0 Å². The molecule has 2 amide bonds. The molecular weight excluding hydrogens is 392 g/mol. The maximum absolute atomic E-state index is 12.8. The van der Waals surface area contributed by atoms with Crippen LogP contribution in [0.4, 0.5) is 11.4 Å². The minimum Gasteiger partial charge on any atom is -0.495 e. The molecule has 1 unspecified atom stereocenters. The van der Waals surface area contributed by atoms with Crippen molar-refractivity contribution < 1.29 is 22.7 Å². The number of benzene rings is 2. The fraction of sp³-hybridized carbons (Fsp3) is 0.333. The van der Waals surface area contributed by atoms with Gasteiger partial charge in [-0.1, -0.05) is 37.3 Å². The Bertz CT molecular complexity index is 982. The van der Waals surface area contributed by atoms with Gasteiger partial charge in [-0.25, -0.2) is 8.42 Å². The molecule has 1 atom stereocenters. The number of para-hydroxylation sites is 3. The van der Waals surface area contributed by atoms with Crippen molar-refractivity contribution in [3.05, 3.63) is 53.6 Å². The highest BCUT2D eigenvalue weighted by atomic mass is 32.2. The van der Waals surface area contributed by atoms with E-state index in [0.717, 1.165) is 11.1 Å². The van der Waals surface area contributed by atoms with E-state index in [9.17, 15) is 18.0 Å². The zero-order valence-electron chi connectivity index (χ0n) is 17.0. The molecule has 2 N–H and O–H groups in total. The van der Waals surface area contributed by atoms with Gasteiger partial charge in [0.25, 0.3) is 0 Å². The van der Waals surface area contributed by atoms with Gasteiger partial charge < -0.3 is 15.4 Å². The van der Waals surface area contributed by atoms with E-state index in [1.807, 2.05) is 32.0 Å². The van der Waals surface area contributed by atoms with Gasteiger partial charge in [0.05, 0.1) is 12.8 Å². The first-order chi connectivity index (χ1) is 13.7. The summed E-state index contributed by atoms with van der Waals surface area (Å²) in [4.78, 5) is 25.0. The van der Waals surface area contributed by atoms with Crippen LogP contribution in [-0.4, -0.2) is 38.3 Å². The molecule has 2 rings (SSSR count). The molecule has 156 valence electrons. The monoisotopic (exact) mass is 418 g/mol. The van der Waals surface area contributed by atoms with Crippen LogP contribution in [0.5, 0.6) is 5.75 Å². The van der Waals surface area contributed by atoms with Gasteiger partial charge in [0.2, 0.25) is 11.8 Å². The van der Waals surface area contributed by atoms with Gasteiger partial charge in [-0.15, -0.1) is 0 Å². The summed E-state index contributed by atoms with van der Waals surface area (Å²) in [6, 6.07) is 12.2. The maximum atomic E-state index is 12.8. The van der Waals surface area contributed by atoms with E-state index in [1.54, 1.807) is 31.2 Å². The van der Waals surface area contributed by atoms with Crippen molar-refractivity contribution in [2.45, 2.75) is 32.4 Å². The summed E-state index contributed by atoms with van der Waals surface area (Å²) in [5.74, 6) is -1.76. The molecular formula is C21H26N2O5S. The molecule has 7 nitrogen and oxygen atoms in total. The number of sulfone groups is 1. The van der Waals surface area contributed by atoms with Crippen LogP contribution in [0.15, 0.2) is 42.5 Å². The Morgan fingerprint density at radius 1 is 1.00 bits per heavy atom. The molecule has 0 aliphatic rings. The second-order valence-electron chi connectivity index (χ2n) is 6.71. The number of carbonyl (C=O) groups excluding carboxylic acids is 2. The Morgan fingerprint density at radius 3 is 2.21 bits per heavy atom. The molecule has 0 radical (unpaired) electrons. The number of amides is 2. The fourth-order valence-electron chi connectivity index (χ4n) is 3.04. The Labute approximate surface area is 171 Å². The van der Waals surface area contributed by atoms with Crippen LogP contribution < -0.4 is 15.4 Å². The number of hydrogen-bond acceptors (Lipinski definition) is 5. The summed E-state index contributed by atoms with van der Waals surface area (Å²) in [6.45, 7) is 5.27. The molecule has 0 aliphatic carbocycles. The predicted molar refractivity (Wildman–Crippen MR) is 114 cm³/mol. The number of hydrogen-bond donors (Lipinski definition) is 2. The van der Waals surface area contributed by atoms with Crippen molar-refractivity contribution in [3.8, 4) is 5.75 Å². The molecule has 0 heterocycles. The van der Waals surface area contributed by atoms with Crippen molar-refractivity contribution in [1.82, 2.24) is 0 Å². The number of aryl methyl sites for hydroxylation is 2. The molecule has 0 aliphatic heterocycles. The molecule has 0 bridgehead atoms. The average molecular weight is 419 g/mol. The van der Waals surface area contributed by atoms with Crippen LogP contribution in [0.1, 0.15) is 24.5 Å². The largest absolute Gasteiger partial charge is 0.495 e. The summed E-state index contributed by atoms with van der Waals surface area (Å²) < 4.78 is 30.7. The van der Waals surface area contributed by atoms with E-state index in [-0.39, 0.29) is 6.42 Å². The normalized spacial score (nSPS) is 12.1. The third-order valence-corrected chi connectivity index (χ3v) is 6.62. The zero-order chi connectivity index (χ0) is 21.6. The highest BCUT2D eigenvalue weighted by Gasteiger charge is 2.33. The summed E-state index contributed by atoms with van der Waals surface area (Å²) >= 11 is 0. The maximum Gasteiger partial charge on any atom is 0.242 e. The van der Waals surface area contributed by atoms with E-state index >= 15 is 0 Å². The van der Waals surface area contributed by atoms with Crippen LogP contribution >= 0.6 is 0 Å². The molecule has 0 saturated carbocycles. The van der Waals surface area contributed by atoms with Crippen LogP contribution in [0, 0.1) is 13.8 Å². The van der Waals surface area contributed by atoms with E-state index in [2.05, 4.69) is 10.6 Å². The molecule has 0 fully saturated rings. The Morgan fingerprint density at radius 2 is 1.62 bits per heavy atom. The minimum atomic E-state index is -4.02. The van der Waals surface area contributed by atoms with Gasteiger partial charge >= 0.3 is 0 Å². The minimum absolute atomic E-state index is 0.0566. The van der Waals surface area contributed by atoms with Gasteiger partial charge in [0, 0.05) is 5.69 Å². The second kappa shape index (κ2) is 9.56. The quantitative estimate of drug-likeness (QED) is 0.686. The summed E-state index contributed by atoms with van der Waals surface area (Å²) in [5.41, 5.74) is 2.62. The highest BCUT2D eigenvalue weighted by molar-refractivity contribution is 7.93. The van der Waals surface area contributed by atoms with Gasteiger partial charge in [-0.05, 0) is 43.5 Å². The summed E-state index contributed by atoms with van der Waals surface area (Å²) in [6.07, 6.45) is 0.0566. The molecule has 2 aromatic carbocycles. The smallest absolute Gasteiger partial charge is 0.242 e. The fourth-order valence-corrected chi connectivity index (χ4v) is 4.57. The Balaban J connectivity index is 2.14. The molecule has 8 heteroatoms. The third-order valence-electron chi connectivity index (χ3n) is 4.54. The first kappa shape index (κ1) is 22.4. The van der Waals surface area contributed by atoms with E-state index in [0.29, 0.717) is 17.1 Å². The van der Waals surface area contributed by atoms with Crippen molar-refractivity contribution in [2.75, 3.05) is 23.5 Å². The molecule has 29 heavy (non-hydrogen) atoms. The van der Waals surface area contributed by atoms with Crippen molar-refractivity contribution >= 4 is 33.0 Å². The SMILES string of the molecule is CCC(C(=O)Nc1c(C)cccc1C)S(=O)(=O)CC(=O)Nc1ccccc1OC. The lowest BCUT2D eigenvalue weighted by atomic mass is 10.1. The molecule has 0 aromatic heterocycles. The predicted octanol–water partition coefficient (Wildman–Crippen LogP) is 3.08. The third kappa shape index (κ3) is 5.57. The summed E-state index contributed by atoms with van der Waals surface area (Å²) in [7, 11) is -2.57. The lowest BCUT2D eigenvalue weighted by Gasteiger charge is -2.18. The van der Waals surface area contributed by atoms with E-state index in [4.69, 9.17) is 4.74 Å². The van der Waals surface area contributed by atoms with Crippen LogP contribution in [-0.2, 0) is 19.4 Å². The van der Waals surface area contributed by atoms with Crippen molar-refractivity contribution in [2.24, 2.45) is 0 Å². The number of rotatable bonds is 8. The van der Waals surface area contributed by atoms with Gasteiger partial charge in [0.1, 0.15) is 16.8 Å². The number of carbonyl (C=O) groups is 2. The molecule has 0 saturated heterocycles. The highest BCUT2D eigenvalue weighted by Crippen LogP contribution is 2.24. The van der Waals surface area contributed by atoms with Gasteiger partial charge in [0.15, 0.2) is 9.84 Å². The standard InChI is InChI=1S/C21H26N2O5S/c1-5-18(21(25)23-20-14(2)9-8-10-15(20)3)29(26,27)13-19(24)22-16-11-6-7-12-17(16)28-4/h6-12,18H,5,13H2,1-4H3,(H,22,24)(H,23,25). The van der Waals surface area contributed by atoms with Crippen LogP contribution in [0.25, 0.3) is 0 Å². The number of ether oxygens (including phenoxy) is 1. The number of nitrogens with one attached hydrogen (secondary N) is 2. The van der Waals surface area contributed by atoms with Crippen molar-refractivity contribution in [3.63, 3.8) is 0 Å². The summed E-state index contributed by atoms with van der Waals surface area (Å²) in [5, 5.41) is 3.91. The molecule has 0 spiro atoms. The molecule has 2 aromatic rings. The lowest BCUT2D eigenvalue weighted by molar-refractivity contribution is -0.115. The second-order valence-corrected chi connectivity index (χ2v) is 8.89.